The molecule has 1 aromatic rings. The fraction of sp³-hybridized carbons (Fsp3) is 0.562. The Morgan fingerprint density at radius 1 is 1.30 bits per heavy atom. The van der Waals surface area contributed by atoms with Crippen LogP contribution < -0.4 is 10.1 Å². The predicted molar refractivity (Wildman–Crippen MR) is 78.9 cm³/mol. The van der Waals surface area contributed by atoms with Crippen molar-refractivity contribution in [3.05, 3.63) is 24.3 Å². The maximum absolute atomic E-state index is 12.5. The van der Waals surface area contributed by atoms with Gasteiger partial charge in [0.25, 0.3) is 5.91 Å². The molecule has 2 aliphatic heterocycles. The predicted octanol–water partition coefficient (Wildman–Crippen LogP) is 2.51. The monoisotopic (exact) mass is 274 g/mol. The Morgan fingerprint density at radius 3 is 2.75 bits per heavy atom. The smallest absolute Gasteiger partial charge is 0.265 e. The van der Waals surface area contributed by atoms with E-state index in [4.69, 9.17) is 4.74 Å². The van der Waals surface area contributed by atoms with Crippen LogP contribution in [-0.2, 0) is 4.79 Å². The van der Waals surface area contributed by atoms with Crippen LogP contribution >= 0.6 is 0 Å². The van der Waals surface area contributed by atoms with Crippen LogP contribution in [0.4, 0.5) is 5.69 Å². The lowest BCUT2D eigenvalue weighted by Gasteiger charge is -2.39. The summed E-state index contributed by atoms with van der Waals surface area (Å²) in [5, 5.41) is 3.28. The van der Waals surface area contributed by atoms with Gasteiger partial charge in [-0.2, -0.15) is 0 Å². The zero-order valence-electron chi connectivity index (χ0n) is 12.2. The van der Waals surface area contributed by atoms with Crippen molar-refractivity contribution in [1.29, 1.82) is 0 Å². The van der Waals surface area contributed by atoms with Crippen molar-refractivity contribution in [2.45, 2.75) is 32.8 Å². The van der Waals surface area contributed by atoms with Crippen LogP contribution in [0.2, 0.25) is 0 Å². The van der Waals surface area contributed by atoms with E-state index in [0.29, 0.717) is 12.0 Å². The quantitative estimate of drug-likeness (QED) is 0.855. The number of hydrogen-bond donors (Lipinski definition) is 1. The van der Waals surface area contributed by atoms with Crippen LogP contribution in [0.5, 0.6) is 5.75 Å². The maximum atomic E-state index is 12.5. The first kappa shape index (κ1) is 13.3. The Balaban J connectivity index is 1.65. The molecular weight excluding hydrogens is 252 g/mol. The molecule has 0 aliphatic carbocycles. The van der Waals surface area contributed by atoms with Gasteiger partial charge >= 0.3 is 0 Å². The average Bonchev–Trinajstić information content (AvgIpc) is 2.46. The Kier molecular flexibility index (Phi) is 3.32. The van der Waals surface area contributed by atoms with Gasteiger partial charge in [-0.25, -0.2) is 0 Å². The highest BCUT2D eigenvalue weighted by atomic mass is 16.5. The van der Waals surface area contributed by atoms with Crippen molar-refractivity contribution < 1.29 is 9.53 Å². The molecule has 0 aromatic heterocycles. The van der Waals surface area contributed by atoms with Crippen molar-refractivity contribution in [3.63, 3.8) is 0 Å². The molecule has 1 saturated heterocycles. The molecule has 1 unspecified atom stereocenters. The van der Waals surface area contributed by atoms with E-state index in [9.17, 15) is 4.79 Å². The van der Waals surface area contributed by atoms with E-state index < -0.39 is 6.10 Å². The summed E-state index contributed by atoms with van der Waals surface area (Å²) in [5.41, 5.74) is 1.33. The average molecular weight is 274 g/mol. The SMILES string of the molecule is CC1(C)CCN(C(=O)C2CNc3ccccc3O2)CC1. The number of rotatable bonds is 1. The summed E-state index contributed by atoms with van der Waals surface area (Å²) >= 11 is 0. The zero-order valence-corrected chi connectivity index (χ0v) is 12.2. The number of carbonyl (C=O) groups excluding carboxylic acids is 1. The molecule has 4 heteroatoms. The van der Waals surface area contributed by atoms with Crippen LogP contribution in [0.25, 0.3) is 0 Å². The number of nitrogens with one attached hydrogen (secondary N) is 1. The Hall–Kier alpha value is -1.71. The van der Waals surface area contributed by atoms with Gasteiger partial charge in [0.15, 0.2) is 6.10 Å². The van der Waals surface area contributed by atoms with Crippen LogP contribution in [-0.4, -0.2) is 36.5 Å². The van der Waals surface area contributed by atoms with E-state index >= 15 is 0 Å². The highest BCUT2D eigenvalue weighted by molar-refractivity contribution is 5.83. The van der Waals surface area contributed by atoms with E-state index in [0.717, 1.165) is 37.4 Å². The molecular formula is C16H22N2O2. The van der Waals surface area contributed by atoms with Gasteiger partial charge in [0.05, 0.1) is 12.2 Å². The zero-order chi connectivity index (χ0) is 14.2. The fourth-order valence-electron chi connectivity index (χ4n) is 2.79. The number of para-hydroxylation sites is 2. The maximum Gasteiger partial charge on any atom is 0.265 e. The van der Waals surface area contributed by atoms with Crippen LogP contribution in [0.3, 0.4) is 0 Å². The first-order valence-electron chi connectivity index (χ1n) is 7.33. The topological polar surface area (TPSA) is 41.6 Å². The normalized spacial score (nSPS) is 24.3. The second-order valence-electron chi connectivity index (χ2n) is 6.47. The lowest BCUT2D eigenvalue weighted by atomic mass is 9.82. The molecule has 1 N–H and O–H groups in total. The molecule has 1 fully saturated rings. The van der Waals surface area contributed by atoms with Gasteiger partial charge in [0.2, 0.25) is 0 Å². The minimum Gasteiger partial charge on any atom is -0.477 e. The number of amides is 1. The van der Waals surface area contributed by atoms with E-state index in [-0.39, 0.29) is 5.91 Å². The Morgan fingerprint density at radius 2 is 2.00 bits per heavy atom. The standard InChI is InChI=1S/C16H22N2O2/c1-16(2)7-9-18(10-8-16)15(19)14-11-17-12-5-3-4-6-13(12)20-14/h3-6,14,17H,7-11H2,1-2H3. The molecule has 2 aliphatic rings. The summed E-state index contributed by atoms with van der Waals surface area (Å²) in [5.74, 6) is 0.886. The third-order valence-electron chi connectivity index (χ3n) is 4.34. The number of likely N-dealkylation sites (tertiary alicyclic amines) is 1. The Bertz CT molecular complexity index is 503. The minimum absolute atomic E-state index is 0.113. The first-order chi connectivity index (χ1) is 9.55. The fourth-order valence-corrected chi connectivity index (χ4v) is 2.79. The summed E-state index contributed by atoms with van der Waals surface area (Å²) in [4.78, 5) is 14.5. The lowest BCUT2D eigenvalue weighted by Crippen LogP contribution is -2.50. The van der Waals surface area contributed by atoms with Crippen molar-refractivity contribution in [1.82, 2.24) is 4.90 Å². The molecule has 2 heterocycles. The van der Waals surface area contributed by atoms with Gasteiger partial charge in [-0.15, -0.1) is 0 Å². The molecule has 0 spiro atoms. The second-order valence-corrected chi connectivity index (χ2v) is 6.47. The summed E-state index contributed by atoms with van der Waals surface area (Å²) < 4.78 is 5.85. The van der Waals surface area contributed by atoms with Gasteiger partial charge < -0.3 is 15.0 Å². The van der Waals surface area contributed by atoms with Gasteiger partial charge in [-0.3, -0.25) is 4.79 Å². The van der Waals surface area contributed by atoms with Gasteiger partial charge in [0.1, 0.15) is 5.75 Å². The third-order valence-corrected chi connectivity index (χ3v) is 4.34. The molecule has 3 rings (SSSR count). The van der Waals surface area contributed by atoms with Gasteiger partial charge in [-0.05, 0) is 30.4 Å². The molecule has 4 nitrogen and oxygen atoms in total. The first-order valence-corrected chi connectivity index (χ1v) is 7.33. The highest BCUT2D eigenvalue weighted by Gasteiger charge is 2.33. The van der Waals surface area contributed by atoms with Crippen LogP contribution in [0.15, 0.2) is 24.3 Å². The number of carbonyl (C=O) groups is 1. The number of hydrogen-bond acceptors (Lipinski definition) is 3. The number of anilines is 1. The largest absolute Gasteiger partial charge is 0.477 e. The Labute approximate surface area is 120 Å². The molecule has 0 radical (unpaired) electrons. The van der Waals surface area contributed by atoms with Gasteiger partial charge in [0, 0.05) is 13.1 Å². The van der Waals surface area contributed by atoms with Crippen molar-refractivity contribution in [3.8, 4) is 5.75 Å². The molecule has 0 bridgehead atoms. The molecule has 20 heavy (non-hydrogen) atoms. The van der Waals surface area contributed by atoms with Crippen LogP contribution in [0, 0.1) is 5.41 Å². The summed E-state index contributed by atoms with van der Waals surface area (Å²) in [7, 11) is 0. The van der Waals surface area contributed by atoms with Crippen LogP contribution in [0.1, 0.15) is 26.7 Å². The number of nitrogens with zero attached hydrogens (tertiary/aromatic N) is 1. The summed E-state index contributed by atoms with van der Waals surface area (Å²) in [6, 6.07) is 7.77. The van der Waals surface area contributed by atoms with Crippen molar-refractivity contribution in [2.75, 3.05) is 25.0 Å². The molecule has 108 valence electrons. The number of fused-ring (bicyclic) bond motifs is 1. The van der Waals surface area contributed by atoms with E-state index in [1.807, 2.05) is 29.2 Å². The van der Waals surface area contributed by atoms with E-state index in [1.165, 1.54) is 0 Å². The minimum atomic E-state index is -0.397. The van der Waals surface area contributed by atoms with Gasteiger partial charge in [-0.1, -0.05) is 26.0 Å². The number of benzene rings is 1. The summed E-state index contributed by atoms with van der Waals surface area (Å²) in [6.45, 7) is 6.77. The van der Waals surface area contributed by atoms with Crippen molar-refractivity contribution in [2.24, 2.45) is 5.41 Å². The van der Waals surface area contributed by atoms with E-state index in [2.05, 4.69) is 19.2 Å². The number of piperidine rings is 1. The molecule has 1 aromatic carbocycles. The summed E-state index contributed by atoms with van der Waals surface area (Å²) in [6.07, 6.45) is 1.73. The third kappa shape index (κ3) is 2.60. The molecule has 0 saturated carbocycles. The highest BCUT2D eigenvalue weighted by Crippen LogP contribution is 2.32. The van der Waals surface area contributed by atoms with Crippen molar-refractivity contribution >= 4 is 11.6 Å². The van der Waals surface area contributed by atoms with E-state index in [1.54, 1.807) is 0 Å². The molecule has 1 atom stereocenters. The lowest BCUT2D eigenvalue weighted by molar-refractivity contribution is -0.140. The molecule has 1 amide bonds. The number of ether oxygens (including phenoxy) is 1. The second kappa shape index (κ2) is 5.00.